The second kappa shape index (κ2) is 5.26. The quantitative estimate of drug-likeness (QED) is 0.837. The summed E-state index contributed by atoms with van der Waals surface area (Å²) in [6, 6.07) is 8.72. The first-order chi connectivity index (χ1) is 10.8. The molecule has 5 heteroatoms. The highest BCUT2D eigenvalue weighted by Crippen LogP contribution is 2.39. The summed E-state index contributed by atoms with van der Waals surface area (Å²) in [5.74, 6) is -1.81. The Hall–Kier alpha value is -2.56. The van der Waals surface area contributed by atoms with Crippen molar-refractivity contribution in [1.82, 2.24) is 4.90 Å². The van der Waals surface area contributed by atoms with Crippen molar-refractivity contribution in [1.29, 1.82) is 0 Å². The van der Waals surface area contributed by atoms with Crippen LogP contribution in [-0.2, 0) is 10.3 Å². The number of benzene rings is 2. The summed E-state index contributed by atoms with van der Waals surface area (Å²) < 4.78 is 27.5. The minimum absolute atomic E-state index is 0.186. The summed E-state index contributed by atoms with van der Waals surface area (Å²) >= 11 is 0. The van der Waals surface area contributed by atoms with Crippen molar-refractivity contribution in [3.63, 3.8) is 0 Å². The van der Waals surface area contributed by atoms with Crippen molar-refractivity contribution in [2.24, 2.45) is 4.99 Å². The molecule has 1 aliphatic rings. The van der Waals surface area contributed by atoms with Gasteiger partial charge in [-0.05, 0) is 37.1 Å². The van der Waals surface area contributed by atoms with Crippen LogP contribution in [0.2, 0.25) is 0 Å². The normalized spacial score (nSPS) is 20.4. The fourth-order valence-electron chi connectivity index (χ4n) is 3.05. The maximum Gasteiger partial charge on any atom is 0.264 e. The summed E-state index contributed by atoms with van der Waals surface area (Å²) in [5, 5.41) is 0. The third-order valence-electron chi connectivity index (χ3n) is 3.97. The van der Waals surface area contributed by atoms with Crippen LogP contribution in [-0.4, -0.2) is 24.2 Å². The predicted molar refractivity (Wildman–Crippen MR) is 84.3 cm³/mol. The monoisotopic (exact) mass is 314 g/mol. The molecule has 0 aliphatic carbocycles. The number of rotatable bonds is 2. The van der Waals surface area contributed by atoms with Crippen LogP contribution in [0.1, 0.15) is 22.3 Å². The van der Waals surface area contributed by atoms with Crippen molar-refractivity contribution in [3.8, 4) is 0 Å². The Morgan fingerprint density at radius 3 is 1.91 bits per heavy atom. The topological polar surface area (TPSA) is 32.7 Å². The van der Waals surface area contributed by atoms with Crippen LogP contribution >= 0.6 is 0 Å². The lowest BCUT2D eigenvalue weighted by atomic mass is 9.81. The van der Waals surface area contributed by atoms with E-state index in [1.807, 2.05) is 32.0 Å². The zero-order valence-electron chi connectivity index (χ0n) is 13.1. The number of hydrogen-bond acceptors (Lipinski definition) is 2. The molecule has 118 valence electrons. The van der Waals surface area contributed by atoms with Crippen molar-refractivity contribution < 1.29 is 13.6 Å². The smallest absolute Gasteiger partial charge is 0.264 e. The van der Waals surface area contributed by atoms with Crippen LogP contribution in [0, 0.1) is 25.5 Å². The molecule has 1 amide bonds. The Morgan fingerprint density at radius 2 is 1.43 bits per heavy atom. The number of hydrogen-bond donors (Lipinski definition) is 0. The van der Waals surface area contributed by atoms with E-state index in [1.165, 1.54) is 11.2 Å². The summed E-state index contributed by atoms with van der Waals surface area (Å²) in [5.41, 5.74) is 1.24. The van der Waals surface area contributed by atoms with E-state index in [9.17, 15) is 13.6 Å². The number of aryl methyl sites for hydroxylation is 2. The number of carbonyl (C=O) groups excluding carboxylic acids is 1. The molecule has 1 heterocycles. The standard InChI is InChI=1S/C18H16F2N2O/c1-11-4-12(2)6-13(5-11)18(17(23)22(3)10-21-18)14-7-15(19)9-16(20)8-14/h4-10H,1-3H3. The Labute approximate surface area is 133 Å². The minimum Gasteiger partial charge on any atom is -0.304 e. The first kappa shape index (κ1) is 15.3. The van der Waals surface area contributed by atoms with Crippen LogP contribution in [0.4, 0.5) is 8.78 Å². The highest BCUT2D eigenvalue weighted by molar-refractivity contribution is 6.03. The SMILES string of the molecule is Cc1cc(C)cc(C2(c3cc(F)cc(F)c3)N=CN(C)C2=O)c1. The molecule has 0 aromatic heterocycles. The third kappa shape index (κ3) is 2.42. The van der Waals surface area contributed by atoms with Gasteiger partial charge in [-0.1, -0.05) is 29.3 Å². The Bertz CT molecular complexity index is 738. The van der Waals surface area contributed by atoms with Gasteiger partial charge in [-0.3, -0.25) is 4.79 Å². The average molecular weight is 314 g/mol. The molecule has 3 rings (SSSR count). The molecule has 0 bridgehead atoms. The molecular weight excluding hydrogens is 298 g/mol. The Kier molecular flexibility index (Phi) is 3.51. The van der Waals surface area contributed by atoms with E-state index < -0.39 is 17.2 Å². The largest absolute Gasteiger partial charge is 0.304 e. The van der Waals surface area contributed by atoms with Crippen LogP contribution in [0.25, 0.3) is 0 Å². The molecule has 0 N–H and O–H groups in total. The third-order valence-corrected chi connectivity index (χ3v) is 3.97. The predicted octanol–water partition coefficient (Wildman–Crippen LogP) is 3.33. The Balaban J connectivity index is 2.32. The lowest BCUT2D eigenvalue weighted by Crippen LogP contribution is -2.38. The lowest BCUT2D eigenvalue weighted by molar-refractivity contribution is -0.129. The highest BCUT2D eigenvalue weighted by atomic mass is 19.1. The van der Waals surface area contributed by atoms with E-state index in [0.29, 0.717) is 5.56 Å². The average Bonchev–Trinajstić information content (AvgIpc) is 2.74. The molecule has 0 saturated carbocycles. The van der Waals surface area contributed by atoms with E-state index in [2.05, 4.69) is 4.99 Å². The highest BCUT2D eigenvalue weighted by Gasteiger charge is 2.47. The molecule has 0 radical (unpaired) electrons. The van der Waals surface area contributed by atoms with E-state index in [0.717, 1.165) is 29.3 Å². The Morgan fingerprint density at radius 1 is 0.913 bits per heavy atom. The van der Waals surface area contributed by atoms with E-state index >= 15 is 0 Å². The first-order valence-corrected chi connectivity index (χ1v) is 7.21. The molecule has 1 atom stereocenters. The van der Waals surface area contributed by atoms with Gasteiger partial charge in [0.25, 0.3) is 5.91 Å². The summed E-state index contributed by atoms with van der Waals surface area (Å²) in [6.07, 6.45) is 1.39. The van der Waals surface area contributed by atoms with Crippen molar-refractivity contribution in [3.05, 3.63) is 70.3 Å². The lowest BCUT2D eigenvalue weighted by Gasteiger charge is -2.27. The number of halogens is 2. The van der Waals surface area contributed by atoms with E-state index in [4.69, 9.17) is 0 Å². The molecule has 0 spiro atoms. The summed E-state index contributed by atoms with van der Waals surface area (Å²) in [6.45, 7) is 3.81. The first-order valence-electron chi connectivity index (χ1n) is 7.21. The van der Waals surface area contributed by atoms with Gasteiger partial charge in [0, 0.05) is 13.1 Å². The van der Waals surface area contributed by atoms with Crippen LogP contribution in [0.5, 0.6) is 0 Å². The molecule has 0 saturated heterocycles. The van der Waals surface area contributed by atoms with Crippen LogP contribution in [0.15, 0.2) is 41.4 Å². The van der Waals surface area contributed by atoms with Gasteiger partial charge in [0.05, 0.1) is 6.34 Å². The van der Waals surface area contributed by atoms with Gasteiger partial charge in [0.1, 0.15) is 11.6 Å². The number of likely N-dealkylation sites (N-methyl/N-ethyl adjacent to an activating group) is 1. The number of aliphatic imine (C=N–C) groups is 1. The molecule has 2 aromatic carbocycles. The zero-order chi connectivity index (χ0) is 16.8. The van der Waals surface area contributed by atoms with Crippen molar-refractivity contribution >= 4 is 12.2 Å². The van der Waals surface area contributed by atoms with Gasteiger partial charge in [0.15, 0.2) is 5.54 Å². The molecule has 0 fully saturated rings. The summed E-state index contributed by atoms with van der Waals surface area (Å²) in [4.78, 5) is 18.5. The van der Waals surface area contributed by atoms with E-state index in [1.54, 1.807) is 7.05 Å². The van der Waals surface area contributed by atoms with Gasteiger partial charge in [-0.2, -0.15) is 0 Å². The minimum atomic E-state index is -1.45. The van der Waals surface area contributed by atoms with Gasteiger partial charge in [0.2, 0.25) is 0 Å². The molecule has 2 aromatic rings. The van der Waals surface area contributed by atoms with Crippen LogP contribution in [0.3, 0.4) is 0 Å². The van der Waals surface area contributed by atoms with Gasteiger partial charge in [-0.25, -0.2) is 13.8 Å². The van der Waals surface area contributed by atoms with Crippen molar-refractivity contribution in [2.45, 2.75) is 19.4 Å². The second-order valence-electron chi connectivity index (χ2n) is 5.91. The van der Waals surface area contributed by atoms with Crippen LogP contribution < -0.4 is 0 Å². The molecule has 1 aliphatic heterocycles. The van der Waals surface area contributed by atoms with E-state index in [-0.39, 0.29) is 11.5 Å². The maximum absolute atomic E-state index is 13.7. The molecule has 3 nitrogen and oxygen atoms in total. The molecule has 23 heavy (non-hydrogen) atoms. The van der Waals surface area contributed by atoms with Gasteiger partial charge in [-0.15, -0.1) is 0 Å². The summed E-state index contributed by atoms with van der Waals surface area (Å²) in [7, 11) is 1.58. The second-order valence-corrected chi connectivity index (χ2v) is 5.91. The number of nitrogens with zero attached hydrogens (tertiary/aromatic N) is 2. The van der Waals surface area contributed by atoms with Crippen molar-refractivity contribution in [2.75, 3.05) is 7.05 Å². The zero-order valence-corrected chi connectivity index (χ0v) is 13.1. The molecule has 1 unspecified atom stereocenters. The fraction of sp³-hybridized carbons (Fsp3) is 0.222. The number of carbonyl (C=O) groups is 1. The van der Waals surface area contributed by atoms with Gasteiger partial charge < -0.3 is 4.90 Å². The maximum atomic E-state index is 13.7. The van der Waals surface area contributed by atoms with Gasteiger partial charge >= 0.3 is 0 Å². The number of amides is 1. The molecular formula is C18H16F2N2O. The fourth-order valence-corrected chi connectivity index (χ4v) is 3.05.